The average molecular weight is 242 g/mol. The Bertz CT molecular complexity index is 307. The van der Waals surface area contributed by atoms with Crippen LogP contribution >= 0.6 is 0 Å². The summed E-state index contributed by atoms with van der Waals surface area (Å²) >= 11 is 0. The van der Waals surface area contributed by atoms with E-state index in [1.807, 2.05) is 6.92 Å². The molecule has 5 heteroatoms. The number of rotatable bonds is 4. The van der Waals surface area contributed by atoms with E-state index in [0.717, 1.165) is 19.4 Å². The monoisotopic (exact) mass is 242 g/mol. The third-order valence-electron chi connectivity index (χ3n) is 3.19. The molecule has 0 aromatic heterocycles. The van der Waals surface area contributed by atoms with Crippen LogP contribution in [-0.2, 0) is 9.59 Å². The molecule has 3 N–H and O–H groups in total. The van der Waals surface area contributed by atoms with Gasteiger partial charge in [-0.25, -0.2) is 0 Å². The number of hydrogen-bond donors (Lipinski definition) is 3. The molecule has 5 nitrogen and oxygen atoms in total. The molecule has 0 aromatic rings. The van der Waals surface area contributed by atoms with Crippen molar-refractivity contribution in [1.82, 2.24) is 10.6 Å². The van der Waals surface area contributed by atoms with Crippen LogP contribution in [0.3, 0.4) is 0 Å². The third kappa shape index (κ3) is 4.00. The number of carbonyl (C=O) groups is 2. The van der Waals surface area contributed by atoms with E-state index in [4.69, 9.17) is 5.11 Å². The van der Waals surface area contributed by atoms with Gasteiger partial charge in [-0.2, -0.15) is 0 Å². The predicted molar refractivity (Wildman–Crippen MR) is 64.7 cm³/mol. The van der Waals surface area contributed by atoms with Crippen LogP contribution in [0.15, 0.2) is 0 Å². The van der Waals surface area contributed by atoms with Gasteiger partial charge in [-0.05, 0) is 40.2 Å². The Kier molecular flexibility index (Phi) is 4.14. The lowest BCUT2D eigenvalue weighted by molar-refractivity contribution is -0.139. The second-order valence-electron chi connectivity index (χ2n) is 5.75. The van der Waals surface area contributed by atoms with Crippen molar-refractivity contribution in [3.8, 4) is 0 Å². The lowest BCUT2D eigenvalue weighted by Gasteiger charge is -2.36. The van der Waals surface area contributed by atoms with Crippen LogP contribution < -0.4 is 10.6 Å². The zero-order chi connectivity index (χ0) is 13.1. The molecule has 98 valence electrons. The van der Waals surface area contributed by atoms with Gasteiger partial charge in [-0.1, -0.05) is 0 Å². The second kappa shape index (κ2) is 5.04. The van der Waals surface area contributed by atoms with E-state index >= 15 is 0 Å². The highest BCUT2D eigenvalue weighted by Crippen LogP contribution is 2.26. The summed E-state index contributed by atoms with van der Waals surface area (Å²) in [5.41, 5.74) is -1.13. The van der Waals surface area contributed by atoms with Crippen molar-refractivity contribution in [3.05, 3.63) is 0 Å². The largest absolute Gasteiger partial charge is 0.481 e. The Morgan fingerprint density at radius 1 is 1.47 bits per heavy atom. The highest BCUT2D eigenvalue weighted by Gasteiger charge is 2.37. The Morgan fingerprint density at radius 2 is 2.12 bits per heavy atom. The van der Waals surface area contributed by atoms with Gasteiger partial charge in [-0.3, -0.25) is 9.59 Å². The quantitative estimate of drug-likeness (QED) is 0.679. The van der Waals surface area contributed by atoms with Crippen molar-refractivity contribution in [1.29, 1.82) is 0 Å². The van der Waals surface area contributed by atoms with Crippen LogP contribution in [0.4, 0.5) is 0 Å². The fraction of sp³-hybridized carbons (Fsp3) is 0.833. The summed E-state index contributed by atoms with van der Waals surface area (Å²) in [4.78, 5) is 22.9. The van der Waals surface area contributed by atoms with Crippen molar-refractivity contribution >= 4 is 11.9 Å². The van der Waals surface area contributed by atoms with E-state index in [9.17, 15) is 9.59 Å². The summed E-state index contributed by atoms with van der Waals surface area (Å²) in [6.07, 6.45) is 1.75. The lowest BCUT2D eigenvalue weighted by atomic mass is 9.81. The average Bonchev–Trinajstić information content (AvgIpc) is 2.15. The minimum Gasteiger partial charge on any atom is -0.481 e. The number of aliphatic carboxylic acids is 1. The van der Waals surface area contributed by atoms with Gasteiger partial charge in [0.2, 0.25) is 5.91 Å². The van der Waals surface area contributed by atoms with Gasteiger partial charge in [0.05, 0.1) is 11.8 Å². The highest BCUT2D eigenvalue weighted by molar-refractivity contribution is 5.84. The number of carbonyl (C=O) groups excluding carboxylic acids is 1. The highest BCUT2D eigenvalue weighted by atomic mass is 16.4. The maximum atomic E-state index is 12.2. The smallest absolute Gasteiger partial charge is 0.305 e. The molecule has 0 spiro atoms. The summed E-state index contributed by atoms with van der Waals surface area (Å²) in [6, 6.07) is 0. The number of piperidine rings is 1. The molecule has 1 saturated heterocycles. The first-order valence-electron chi connectivity index (χ1n) is 6.00. The summed E-state index contributed by atoms with van der Waals surface area (Å²) in [6.45, 7) is 6.99. The fourth-order valence-corrected chi connectivity index (χ4v) is 2.13. The van der Waals surface area contributed by atoms with E-state index < -0.39 is 16.9 Å². The summed E-state index contributed by atoms with van der Waals surface area (Å²) < 4.78 is 0. The number of carboxylic acids is 1. The maximum Gasteiger partial charge on any atom is 0.305 e. The summed E-state index contributed by atoms with van der Waals surface area (Å²) in [5.74, 6) is -0.960. The molecule has 0 bridgehead atoms. The van der Waals surface area contributed by atoms with Gasteiger partial charge >= 0.3 is 5.97 Å². The van der Waals surface area contributed by atoms with Gasteiger partial charge in [0.15, 0.2) is 0 Å². The van der Waals surface area contributed by atoms with Crippen molar-refractivity contribution in [2.45, 2.75) is 45.6 Å². The Labute approximate surface area is 102 Å². The number of nitrogens with one attached hydrogen (secondary N) is 2. The molecular formula is C12H22N2O3. The van der Waals surface area contributed by atoms with Crippen molar-refractivity contribution in [2.24, 2.45) is 5.41 Å². The molecule has 1 atom stereocenters. The molecule has 1 fully saturated rings. The number of amides is 1. The Hall–Kier alpha value is -1.10. The van der Waals surface area contributed by atoms with Crippen LogP contribution in [0, 0.1) is 5.41 Å². The molecule has 0 saturated carbocycles. The molecular weight excluding hydrogens is 220 g/mol. The molecule has 0 aromatic carbocycles. The van der Waals surface area contributed by atoms with Gasteiger partial charge in [0, 0.05) is 12.1 Å². The Balaban J connectivity index is 2.61. The zero-order valence-electron chi connectivity index (χ0n) is 10.8. The molecule has 0 aliphatic carbocycles. The summed E-state index contributed by atoms with van der Waals surface area (Å²) in [5, 5.41) is 14.8. The van der Waals surface area contributed by atoms with Crippen molar-refractivity contribution in [2.75, 3.05) is 13.1 Å². The van der Waals surface area contributed by atoms with Gasteiger partial charge in [-0.15, -0.1) is 0 Å². The number of hydrogen-bond acceptors (Lipinski definition) is 3. The standard InChI is InChI=1S/C12H22N2O3/c1-11(2,7-9(15)16)14-10(17)12(3)5-4-6-13-8-12/h13H,4-8H2,1-3H3,(H,14,17)(H,15,16). The lowest BCUT2D eigenvalue weighted by Crippen LogP contribution is -2.54. The molecule has 17 heavy (non-hydrogen) atoms. The minimum atomic E-state index is -0.901. The first kappa shape index (κ1) is 14.0. The fourth-order valence-electron chi connectivity index (χ4n) is 2.13. The normalized spacial score (nSPS) is 25.4. The molecule has 0 radical (unpaired) electrons. The van der Waals surface area contributed by atoms with Gasteiger partial charge in [0.25, 0.3) is 0 Å². The van der Waals surface area contributed by atoms with Crippen molar-refractivity contribution < 1.29 is 14.7 Å². The number of carboxylic acid groups (broad SMARTS) is 1. The van der Waals surface area contributed by atoms with Gasteiger partial charge in [0.1, 0.15) is 0 Å². The van der Waals surface area contributed by atoms with E-state index in [1.54, 1.807) is 13.8 Å². The first-order valence-corrected chi connectivity index (χ1v) is 6.00. The maximum absolute atomic E-state index is 12.2. The van der Waals surface area contributed by atoms with E-state index in [-0.39, 0.29) is 12.3 Å². The van der Waals surface area contributed by atoms with E-state index in [0.29, 0.717) is 6.54 Å². The zero-order valence-corrected chi connectivity index (χ0v) is 10.8. The predicted octanol–water partition coefficient (Wildman–Crippen LogP) is 0.746. The van der Waals surface area contributed by atoms with E-state index in [2.05, 4.69) is 10.6 Å². The van der Waals surface area contributed by atoms with Crippen LogP contribution in [0.25, 0.3) is 0 Å². The van der Waals surface area contributed by atoms with Crippen LogP contribution in [0.5, 0.6) is 0 Å². The van der Waals surface area contributed by atoms with Crippen molar-refractivity contribution in [3.63, 3.8) is 0 Å². The topological polar surface area (TPSA) is 78.4 Å². The van der Waals surface area contributed by atoms with Crippen LogP contribution in [0.2, 0.25) is 0 Å². The molecule has 1 amide bonds. The van der Waals surface area contributed by atoms with Crippen LogP contribution in [0.1, 0.15) is 40.0 Å². The molecule has 1 aliphatic rings. The van der Waals surface area contributed by atoms with Gasteiger partial charge < -0.3 is 15.7 Å². The second-order valence-corrected chi connectivity index (χ2v) is 5.75. The minimum absolute atomic E-state index is 0.0593. The molecule has 1 rings (SSSR count). The molecule has 1 unspecified atom stereocenters. The third-order valence-corrected chi connectivity index (χ3v) is 3.19. The molecule has 1 heterocycles. The van der Waals surface area contributed by atoms with Crippen LogP contribution in [-0.4, -0.2) is 35.6 Å². The Morgan fingerprint density at radius 3 is 2.59 bits per heavy atom. The first-order chi connectivity index (χ1) is 7.75. The SMILES string of the molecule is CC(C)(CC(=O)O)NC(=O)C1(C)CCCNC1. The summed E-state index contributed by atoms with van der Waals surface area (Å²) in [7, 11) is 0. The van der Waals surface area contributed by atoms with E-state index in [1.165, 1.54) is 0 Å². The molecule has 1 aliphatic heterocycles.